The molecule has 6 nitrogen and oxygen atoms in total. The van der Waals surface area contributed by atoms with Crippen LogP contribution in [0.1, 0.15) is 26.3 Å². The van der Waals surface area contributed by atoms with Crippen molar-refractivity contribution < 1.29 is 14.3 Å². The van der Waals surface area contributed by atoms with Crippen molar-refractivity contribution in [2.24, 2.45) is 5.10 Å². The Kier molecular flexibility index (Phi) is 7.29. The Labute approximate surface area is 158 Å². The van der Waals surface area contributed by atoms with E-state index in [0.717, 1.165) is 5.56 Å². The van der Waals surface area contributed by atoms with Crippen LogP contribution in [-0.2, 0) is 0 Å². The van der Waals surface area contributed by atoms with E-state index >= 15 is 0 Å². The maximum Gasteiger partial charge on any atom is 0.339 e. The third-order valence-electron chi connectivity index (χ3n) is 3.11. The zero-order valence-electron chi connectivity index (χ0n) is 15.0. The number of halogens is 1. The van der Waals surface area contributed by atoms with Gasteiger partial charge in [0.1, 0.15) is 0 Å². The summed E-state index contributed by atoms with van der Waals surface area (Å²) in [6, 6.07) is 11.8. The molecule has 138 valence electrons. The SMILES string of the molecule is CCOc1cc(/C=N\NC(=O)Nc2ccc(Cl)cc2)ccc1OC(C)C. The molecule has 0 aliphatic rings. The van der Waals surface area contributed by atoms with Crippen molar-refractivity contribution in [3.8, 4) is 11.5 Å². The lowest BCUT2D eigenvalue weighted by molar-refractivity contribution is 0.224. The highest BCUT2D eigenvalue weighted by Gasteiger charge is 2.07. The number of benzene rings is 2. The van der Waals surface area contributed by atoms with E-state index in [-0.39, 0.29) is 6.10 Å². The molecule has 0 radical (unpaired) electrons. The summed E-state index contributed by atoms with van der Waals surface area (Å²) in [5.74, 6) is 1.31. The van der Waals surface area contributed by atoms with Gasteiger partial charge in [0.15, 0.2) is 11.5 Å². The third kappa shape index (κ3) is 6.29. The molecule has 2 aromatic carbocycles. The predicted octanol–water partition coefficient (Wildman–Crippen LogP) is 4.68. The minimum absolute atomic E-state index is 0.0481. The van der Waals surface area contributed by atoms with Crippen molar-refractivity contribution in [1.82, 2.24) is 5.43 Å². The number of hydrogen-bond donors (Lipinski definition) is 2. The molecule has 0 aliphatic carbocycles. The molecule has 0 atom stereocenters. The van der Waals surface area contributed by atoms with Gasteiger partial charge in [-0.05, 0) is 68.8 Å². The number of carbonyl (C=O) groups is 1. The smallest absolute Gasteiger partial charge is 0.339 e. The van der Waals surface area contributed by atoms with Crippen molar-refractivity contribution in [3.63, 3.8) is 0 Å². The number of amides is 2. The first-order valence-corrected chi connectivity index (χ1v) is 8.65. The van der Waals surface area contributed by atoms with E-state index < -0.39 is 6.03 Å². The Morgan fingerprint density at radius 3 is 2.58 bits per heavy atom. The van der Waals surface area contributed by atoms with Crippen LogP contribution in [0.15, 0.2) is 47.6 Å². The molecule has 0 unspecified atom stereocenters. The van der Waals surface area contributed by atoms with Crippen molar-refractivity contribution >= 4 is 29.5 Å². The highest BCUT2D eigenvalue weighted by atomic mass is 35.5. The van der Waals surface area contributed by atoms with Crippen LogP contribution in [0.4, 0.5) is 10.5 Å². The first kappa shape index (κ1) is 19.6. The van der Waals surface area contributed by atoms with Crippen LogP contribution in [-0.4, -0.2) is 25.0 Å². The van der Waals surface area contributed by atoms with Crippen LogP contribution in [0.2, 0.25) is 5.02 Å². The second-order valence-electron chi connectivity index (χ2n) is 5.64. The molecule has 2 rings (SSSR count). The highest BCUT2D eigenvalue weighted by molar-refractivity contribution is 6.30. The Balaban J connectivity index is 1.97. The highest BCUT2D eigenvalue weighted by Crippen LogP contribution is 2.28. The van der Waals surface area contributed by atoms with Gasteiger partial charge in [-0.25, -0.2) is 10.2 Å². The molecule has 26 heavy (non-hydrogen) atoms. The van der Waals surface area contributed by atoms with Gasteiger partial charge in [-0.3, -0.25) is 0 Å². The van der Waals surface area contributed by atoms with Crippen LogP contribution in [0.25, 0.3) is 0 Å². The Hall–Kier alpha value is -2.73. The molecule has 0 spiro atoms. The summed E-state index contributed by atoms with van der Waals surface area (Å²) in [6.45, 7) is 6.34. The molecule has 0 fully saturated rings. The standard InChI is InChI=1S/C19H22ClN3O3/c1-4-25-18-11-14(5-10-17(18)26-13(2)3)12-21-23-19(24)22-16-8-6-15(20)7-9-16/h5-13H,4H2,1-3H3,(H2,22,23,24)/b21-12-. The summed E-state index contributed by atoms with van der Waals surface area (Å²) < 4.78 is 11.3. The summed E-state index contributed by atoms with van der Waals surface area (Å²) in [4.78, 5) is 11.8. The largest absolute Gasteiger partial charge is 0.490 e. The van der Waals surface area contributed by atoms with E-state index in [1.54, 1.807) is 24.3 Å². The summed E-state index contributed by atoms with van der Waals surface area (Å²) in [7, 11) is 0. The maximum absolute atomic E-state index is 11.8. The van der Waals surface area contributed by atoms with Crippen molar-refractivity contribution in [2.45, 2.75) is 26.9 Å². The monoisotopic (exact) mass is 375 g/mol. The number of rotatable bonds is 7. The van der Waals surface area contributed by atoms with Crippen LogP contribution < -0.4 is 20.2 Å². The van der Waals surface area contributed by atoms with Crippen LogP contribution in [0.3, 0.4) is 0 Å². The van der Waals surface area contributed by atoms with Gasteiger partial charge in [-0.1, -0.05) is 11.6 Å². The summed E-state index contributed by atoms with van der Waals surface area (Å²) >= 11 is 5.80. The van der Waals surface area contributed by atoms with Crippen molar-refractivity contribution in [3.05, 3.63) is 53.1 Å². The molecule has 2 amide bonds. The lowest BCUT2D eigenvalue weighted by Crippen LogP contribution is -2.24. The number of hydrazone groups is 1. The van der Waals surface area contributed by atoms with Gasteiger partial charge in [0, 0.05) is 10.7 Å². The molecule has 0 aromatic heterocycles. The minimum Gasteiger partial charge on any atom is -0.490 e. The van der Waals surface area contributed by atoms with E-state index in [2.05, 4.69) is 15.8 Å². The maximum atomic E-state index is 11.8. The number of hydrogen-bond acceptors (Lipinski definition) is 4. The molecule has 0 saturated carbocycles. The molecular formula is C19H22ClN3O3. The number of nitrogens with one attached hydrogen (secondary N) is 2. The normalized spacial score (nSPS) is 10.8. The molecule has 0 bridgehead atoms. The molecule has 0 heterocycles. The zero-order valence-corrected chi connectivity index (χ0v) is 15.7. The lowest BCUT2D eigenvalue weighted by Gasteiger charge is -2.14. The Morgan fingerprint density at radius 2 is 1.92 bits per heavy atom. The number of anilines is 1. The second kappa shape index (κ2) is 9.68. The second-order valence-corrected chi connectivity index (χ2v) is 6.07. The molecule has 2 aromatic rings. The number of urea groups is 1. The van der Waals surface area contributed by atoms with Crippen LogP contribution >= 0.6 is 11.6 Å². The average molecular weight is 376 g/mol. The molecule has 0 saturated heterocycles. The number of carbonyl (C=O) groups excluding carboxylic acids is 1. The lowest BCUT2D eigenvalue weighted by atomic mass is 10.2. The van der Waals surface area contributed by atoms with E-state index in [9.17, 15) is 4.79 Å². The van der Waals surface area contributed by atoms with Crippen LogP contribution in [0.5, 0.6) is 11.5 Å². The first-order valence-electron chi connectivity index (χ1n) is 8.27. The average Bonchev–Trinajstić information content (AvgIpc) is 2.59. The molecule has 0 aliphatic heterocycles. The van der Waals surface area contributed by atoms with E-state index in [4.69, 9.17) is 21.1 Å². The topological polar surface area (TPSA) is 72.0 Å². The summed E-state index contributed by atoms with van der Waals surface area (Å²) in [6.07, 6.45) is 1.58. The van der Waals surface area contributed by atoms with Crippen LogP contribution in [0, 0.1) is 0 Å². The van der Waals surface area contributed by atoms with Gasteiger partial charge in [-0.15, -0.1) is 0 Å². The first-order chi connectivity index (χ1) is 12.5. The van der Waals surface area contributed by atoms with Gasteiger partial charge in [0.25, 0.3) is 0 Å². The van der Waals surface area contributed by atoms with Crippen molar-refractivity contribution in [2.75, 3.05) is 11.9 Å². The molecule has 7 heteroatoms. The van der Waals surface area contributed by atoms with Gasteiger partial charge < -0.3 is 14.8 Å². The van der Waals surface area contributed by atoms with Gasteiger partial charge in [-0.2, -0.15) is 5.10 Å². The number of nitrogens with zero attached hydrogens (tertiary/aromatic N) is 1. The van der Waals surface area contributed by atoms with Gasteiger partial charge in [0.2, 0.25) is 0 Å². The molecule has 2 N–H and O–H groups in total. The summed E-state index contributed by atoms with van der Waals surface area (Å²) in [5, 5.41) is 7.19. The predicted molar refractivity (Wildman–Crippen MR) is 105 cm³/mol. The Morgan fingerprint density at radius 1 is 1.19 bits per heavy atom. The van der Waals surface area contributed by atoms with Gasteiger partial charge in [0.05, 0.1) is 18.9 Å². The fraction of sp³-hybridized carbons (Fsp3) is 0.263. The quantitative estimate of drug-likeness (QED) is 0.545. The van der Waals surface area contributed by atoms with Crippen molar-refractivity contribution in [1.29, 1.82) is 0 Å². The Bertz CT molecular complexity index is 761. The summed E-state index contributed by atoms with van der Waals surface area (Å²) in [5.41, 5.74) is 3.80. The van der Waals surface area contributed by atoms with E-state index in [1.807, 2.05) is 39.0 Å². The van der Waals surface area contributed by atoms with E-state index in [0.29, 0.717) is 28.8 Å². The fourth-order valence-corrected chi connectivity index (χ4v) is 2.21. The van der Waals surface area contributed by atoms with Gasteiger partial charge >= 0.3 is 6.03 Å². The fourth-order valence-electron chi connectivity index (χ4n) is 2.08. The minimum atomic E-state index is -0.451. The third-order valence-corrected chi connectivity index (χ3v) is 3.36. The zero-order chi connectivity index (χ0) is 18.9. The number of ether oxygens (including phenoxy) is 2. The molecular weight excluding hydrogens is 354 g/mol. The van der Waals surface area contributed by atoms with E-state index in [1.165, 1.54) is 6.21 Å².